The van der Waals surface area contributed by atoms with Crippen molar-refractivity contribution in [1.29, 1.82) is 0 Å². The third kappa shape index (κ3) is 4.46. The number of piperazine rings is 1. The third-order valence-electron chi connectivity index (χ3n) is 6.00. The zero-order valence-electron chi connectivity index (χ0n) is 14.7. The van der Waals surface area contributed by atoms with Crippen molar-refractivity contribution < 1.29 is 9.53 Å². The van der Waals surface area contributed by atoms with E-state index in [1.54, 1.807) is 7.11 Å². The molecule has 2 atom stereocenters. The zero-order chi connectivity index (χ0) is 16.1. The van der Waals surface area contributed by atoms with Crippen LogP contribution in [0.2, 0.25) is 0 Å². The molecule has 0 aromatic rings. The lowest BCUT2D eigenvalue weighted by Gasteiger charge is -2.45. The fourth-order valence-corrected chi connectivity index (χ4v) is 4.61. The van der Waals surface area contributed by atoms with E-state index in [0.29, 0.717) is 18.5 Å². The molecule has 3 fully saturated rings. The first-order chi connectivity index (χ1) is 11.3. The van der Waals surface area contributed by atoms with Gasteiger partial charge in [-0.05, 0) is 31.6 Å². The van der Waals surface area contributed by atoms with E-state index in [0.717, 1.165) is 51.8 Å². The Balaban J connectivity index is 1.45. The maximum Gasteiger partial charge on any atom is 0.237 e. The van der Waals surface area contributed by atoms with Crippen LogP contribution >= 0.6 is 0 Å². The Morgan fingerprint density at radius 1 is 0.957 bits per heavy atom. The number of fused-ring (bicyclic) bond motifs is 1. The van der Waals surface area contributed by atoms with Crippen LogP contribution in [0.25, 0.3) is 0 Å². The van der Waals surface area contributed by atoms with Crippen molar-refractivity contribution in [3.63, 3.8) is 0 Å². The Bertz CT molecular complexity index is 380. The van der Waals surface area contributed by atoms with Crippen molar-refractivity contribution in [2.75, 3.05) is 59.5 Å². The molecule has 1 amide bonds. The van der Waals surface area contributed by atoms with Gasteiger partial charge in [0.15, 0.2) is 0 Å². The van der Waals surface area contributed by atoms with Gasteiger partial charge in [0.05, 0.1) is 13.2 Å². The second kappa shape index (κ2) is 8.45. The molecule has 23 heavy (non-hydrogen) atoms. The van der Waals surface area contributed by atoms with Gasteiger partial charge in [-0.25, -0.2) is 0 Å². The van der Waals surface area contributed by atoms with Gasteiger partial charge in [0.2, 0.25) is 5.91 Å². The molecule has 5 nitrogen and oxygen atoms in total. The number of carbonyl (C=O) groups excluding carboxylic acids is 1. The van der Waals surface area contributed by atoms with Gasteiger partial charge in [0, 0.05) is 52.4 Å². The summed E-state index contributed by atoms with van der Waals surface area (Å²) in [6.07, 6.45) is 7.80. The van der Waals surface area contributed by atoms with Crippen LogP contribution in [0.1, 0.15) is 38.5 Å². The van der Waals surface area contributed by atoms with Crippen LogP contribution in [-0.2, 0) is 9.53 Å². The van der Waals surface area contributed by atoms with E-state index in [-0.39, 0.29) is 0 Å². The molecular weight excluding hydrogens is 290 g/mol. The van der Waals surface area contributed by atoms with E-state index >= 15 is 0 Å². The molecule has 0 bridgehead atoms. The van der Waals surface area contributed by atoms with Gasteiger partial charge >= 0.3 is 0 Å². The van der Waals surface area contributed by atoms with Crippen LogP contribution < -0.4 is 0 Å². The molecule has 0 spiro atoms. The van der Waals surface area contributed by atoms with E-state index in [1.807, 2.05) is 0 Å². The fraction of sp³-hybridized carbons (Fsp3) is 0.944. The van der Waals surface area contributed by atoms with Gasteiger partial charge in [0.1, 0.15) is 0 Å². The minimum absolute atomic E-state index is 0.381. The number of hydrogen-bond acceptors (Lipinski definition) is 4. The summed E-state index contributed by atoms with van der Waals surface area (Å²) in [6.45, 7) is 7.57. The molecule has 1 aliphatic carbocycles. The minimum atomic E-state index is 0.381. The predicted octanol–water partition coefficient (Wildman–Crippen LogP) is 1.43. The van der Waals surface area contributed by atoms with Crippen molar-refractivity contribution in [3.8, 4) is 0 Å². The van der Waals surface area contributed by atoms with Crippen LogP contribution in [0.5, 0.6) is 0 Å². The van der Waals surface area contributed by atoms with Gasteiger partial charge in [-0.15, -0.1) is 0 Å². The molecule has 0 N–H and O–H groups in total. The summed E-state index contributed by atoms with van der Waals surface area (Å²) in [7, 11) is 1.76. The van der Waals surface area contributed by atoms with E-state index in [1.165, 1.54) is 38.5 Å². The minimum Gasteiger partial charge on any atom is -0.383 e. The lowest BCUT2D eigenvalue weighted by molar-refractivity contribution is -0.139. The predicted molar refractivity (Wildman–Crippen MR) is 91.4 cm³/mol. The standard InChI is InChI=1S/C18H33N3O2/c1-23-14-13-19-9-11-20(12-10-19)15-18(22)21-8-4-6-16-5-2-3-7-17(16)21/h16-17H,2-15H2,1H3/t16-,17+/m0/s1. The first kappa shape index (κ1) is 17.2. The molecule has 0 radical (unpaired) electrons. The largest absolute Gasteiger partial charge is 0.383 e. The highest BCUT2D eigenvalue weighted by molar-refractivity contribution is 5.78. The highest BCUT2D eigenvalue weighted by Crippen LogP contribution is 2.35. The fourth-order valence-electron chi connectivity index (χ4n) is 4.61. The number of hydrogen-bond donors (Lipinski definition) is 0. The van der Waals surface area contributed by atoms with Gasteiger partial charge in [0.25, 0.3) is 0 Å². The zero-order valence-corrected chi connectivity index (χ0v) is 14.7. The number of ether oxygens (including phenoxy) is 1. The van der Waals surface area contributed by atoms with Crippen LogP contribution in [0.15, 0.2) is 0 Å². The number of rotatable bonds is 5. The monoisotopic (exact) mass is 323 g/mol. The van der Waals surface area contributed by atoms with Crippen LogP contribution in [-0.4, -0.2) is 86.2 Å². The number of likely N-dealkylation sites (tertiary alicyclic amines) is 1. The summed E-state index contributed by atoms with van der Waals surface area (Å²) >= 11 is 0. The second-order valence-electron chi connectivity index (χ2n) is 7.45. The highest BCUT2D eigenvalue weighted by Gasteiger charge is 2.36. The first-order valence-corrected chi connectivity index (χ1v) is 9.51. The average Bonchev–Trinajstić information content (AvgIpc) is 2.60. The van der Waals surface area contributed by atoms with Gasteiger partial charge in [-0.1, -0.05) is 12.8 Å². The molecule has 2 heterocycles. The number of piperidine rings is 1. The van der Waals surface area contributed by atoms with Crippen molar-refractivity contribution in [1.82, 2.24) is 14.7 Å². The summed E-state index contributed by atoms with van der Waals surface area (Å²) in [5, 5.41) is 0. The van der Waals surface area contributed by atoms with Crippen molar-refractivity contribution in [2.45, 2.75) is 44.6 Å². The number of methoxy groups -OCH3 is 1. The van der Waals surface area contributed by atoms with Crippen molar-refractivity contribution >= 4 is 5.91 Å². The number of carbonyl (C=O) groups is 1. The molecule has 132 valence electrons. The molecule has 1 saturated carbocycles. The molecular formula is C18H33N3O2. The molecule has 0 aromatic heterocycles. The van der Waals surface area contributed by atoms with E-state index in [2.05, 4.69) is 14.7 Å². The normalized spacial score (nSPS) is 30.2. The average molecular weight is 323 g/mol. The Labute approximate surface area is 140 Å². The number of nitrogens with zero attached hydrogens (tertiary/aromatic N) is 3. The van der Waals surface area contributed by atoms with Crippen LogP contribution in [0.4, 0.5) is 0 Å². The molecule has 0 unspecified atom stereocenters. The quantitative estimate of drug-likeness (QED) is 0.767. The molecule has 3 rings (SSSR count). The van der Waals surface area contributed by atoms with Gasteiger partial charge in [-0.2, -0.15) is 0 Å². The van der Waals surface area contributed by atoms with Crippen molar-refractivity contribution in [2.24, 2.45) is 5.92 Å². The van der Waals surface area contributed by atoms with Crippen LogP contribution in [0, 0.1) is 5.92 Å². The SMILES string of the molecule is COCCN1CCN(CC(=O)N2CCC[C@@H]3CCCC[C@H]32)CC1. The molecule has 5 heteroatoms. The topological polar surface area (TPSA) is 36.0 Å². The maximum absolute atomic E-state index is 12.8. The highest BCUT2D eigenvalue weighted by atomic mass is 16.5. The number of amides is 1. The van der Waals surface area contributed by atoms with Gasteiger partial charge < -0.3 is 9.64 Å². The Morgan fingerprint density at radius 2 is 1.65 bits per heavy atom. The molecule has 3 aliphatic rings. The summed E-state index contributed by atoms with van der Waals surface area (Å²) in [4.78, 5) is 19.8. The summed E-state index contributed by atoms with van der Waals surface area (Å²) in [5.41, 5.74) is 0. The lowest BCUT2D eigenvalue weighted by Crippen LogP contribution is -2.55. The smallest absolute Gasteiger partial charge is 0.237 e. The molecule has 2 saturated heterocycles. The Hall–Kier alpha value is -0.650. The van der Waals surface area contributed by atoms with E-state index in [9.17, 15) is 4.79 Å². The van der Waals surface area contributed by atoms with E-state index in [4.69, 9.17) is 4.74 Å². The molecule has 0 aromatic carbocycles. The Kier molecular flexibility index (Phi) is 6.31. The second-order valence-corrected chi connectivity index (χ2v) is 7.45. The summed E-state index contributed by atoms with van der Waals surface area (Å²) < 4.78 is 5.15. The summed E-state index contributed by atoms with van der Waals surface area (Å²) in [6, 6.07) is 0.549. The first-order valence-electron chi connectivity index (χ1n) is 9.51. The third-order valence-corrected chi connectivity index (χ3v) is 6.00. The molecule has 2 aliphatic heterocycles. The summed E-state index contributed by atoms with van der Waals surface area (Å²) in [5.74, 6) is 1.17. The van der Waals surface area contributed by atoms with E-state index < -0.39 is 0 Å². The van der Waals surface area contributed by atoms with Crippen LogP contribution in [0.3, 0.4) is 0 Å². The lowest BCUT2D eigenvalue weighted by atomic mass is 9.78. The maximum atomic E-state index is 12.8. The Morgan fingerprint density at radius 3 is 2.43 bits per heavy atom. The van der Waals surface area contributed by atoms with Crippen molar-refractivity contribution in [3.05, 3.63) is 0 Å². The van der Waals surface area contributed by atoms with Gasteiger partial charge in [-0.3, -0.25) is 14.6 Å².